The van der Waals surface area contributed by atoms with E-state index in [9.17, 15) is 4.79 Å². The maximum Gasteiger partial charge on any atom is 0.306 e. The standard InChI is InChI=1S/C14H20O5/c1-9(14(15)16)5-10-6-13(19-4)11(8-17-2)7-12(10)18-3/h6-7,9H,5,8H2,1-4H3,(H,15,16). The number of carbonyl (C=O) groups is 1. The number of carboxylic acid groups (broad SMARTS) is 1. The smallest absolute Gasteiger partial charge is 0.306 e. The molecule has 0 heterocycles. The number of hydrogen-bond donors (Lipinski definition) is 1. The van der Waals surface area contributed by atoms with Gasteiger partial charge in [-0.2, -0.15) is 0 Å². The molecule has 0 fully saturated rings. The summed E-state index contributed by atoms with van der Waals surface area (Å²) in [6.45, 7) is 2.08. The summed E-state index contributed by atoms with van der Waals surface area (Å²) in [5, 5.41) is 8.98. The molecule has 0 aliphatic rings. The van der Waals surface area contributed by atoms with E-state index >= 15 is 0 Å². The van der Waals surface area contributed by atoms with Gasteiger partial charge in [-0.05, 0) is 24.1 Å². The molecule has 0 aliphatic carbocycles. The minimum absolute atomic E-state index is 0.391. The van der Waals surface area contributed by atoms with Crippen molar-refractivity contribution in [2.75, 3.05) is 21.3 Å². The third kappa shape index (κ3) is 3.86. The minimum Gasteiger partial charge on any atom is -0.496 e. The second kappa shape index (κ2) is 6.99. The van der Waals surface area contributed by atoms with Crippen LogP contribution in [0.15, 0.2) is 12.1 Å². The average Bonchev–Trinajstić information content (AvgIpc) is 2.39. The Morgan fingerprint density at radius 2 is 1.68 bits per heavy atom. The molecule has 0 bridgehead atoms. The van der Waals surface area contributed by atoms with E-state index in [-0.39, 0.29) is 0 Å². The highest BCUT2D eigenvalue weighted by Gasteiger charge is 2.17. The lowest BCUT2D eigenvalue weighted by Crippen LogP contribution is -2.13. The van der Waals surface area contributed by atoms with Crippen LogP contribution in [0.25, 0.3) is 0 Å². The second-order valence-corrected chi connectivity index (χ2v) is 4.35. The van der Waals surface area contributed by atoms with Crippen molar-refractivity contribution in [2.45, 2.75) is 20.0 Å². The van der Waals surface area contributed by atoms with E-state index in [1.165, 1.54) is 0 Å². The topological polar surface area (TPSA) is 65.0 Å². The highest BCUT2D eigenvalue weighted by molar-refractivity contribution is 5.70. The lowest BCUT2D eigenvalue weighted by atomic mass is 9.98. The van der Waals surface area contributed by atoms with Crippen LogP contribution in [0.2, 0.25) is 0 Å². The summed E-state index contributed by atoms with van der Waals surface area (Å²) in [6.07, 6.45) is 0.391. The highest BCUT2D eigenvalue weighted by Crippen LogP contribution is 2.31. The fourth-order valence-corrected chi connectivity index (χ4v) is 1.87. The molecule has 5 heteroatoms. The summed E-state index contributed by atoms with van der Waals surface area (Å²) in [7, 11) is 4.74. The van der Waals surface area contributed by atoms with Crippen molar-refractivity contribution in [2.24, 2.45) is 5.92 Å². The number of rotatable bonds is 7. The summed E-state index contributed by atoms with van der Waals surface area (Å²) in [4.78, 5) is 10.9. The predicted molar refractivity (Wildman–Crippen MR) is 70.8 cm³/mol. The van der Waals surface area contributed by atoms with Gasteiger partial charge < -0.3 is 19.3 Å². The number of carboxylic acids is 1. The van der Waals surface area contributed by atoms with Gasteiger partial charge in [0.05, 0.1) is 26.7 Å². The molecular formula is C14H20O5. The molecule has 0 amide bonds. The maximum atomic E-state index is 10.9. The zero-order valence-corrected chi connectivity index (χ0v) is 11.7. The molecule has 106 valence electrons. The molecular weight excluding hydrogens is 248 g/mol. The Kier molecular flexibility index (Phi) is 5.63. The van der Waals surface area contributed by atoms with Gasteiger partial charge in [-0.3, -0.25) is 4.79 Å². The molecule has 0 saturated carbocycles. The largest absolute Gasteiger partial charge is 0.496 e. The zero-order chi connectivity index (χ0) is 14.4. The third-order valence-corrected chi connectivity index (χ3v) is 2.93. The van der Waals surface area contributed by atoms with Gasteiger partial charge in [0.2, 0.25) is 0 Å². The van der Waals surface area contributed by atoms with Crippen LogP contribution in [0, 0.1) is 5.92 Å². The Labute approximate surface area is 113 Å². The van der Waals surface area contributed by atoms with Crippen molar-refractivity contribution >= 4 is 5.97 Å². The molecule has 0 radical (unpaired) electrons. The molecule has 0 spiro atoms. The van der Waals surface area contributed by atoms with E-state index < -0.39 is 11.9 Å². The van der Waals surface area contributed by atoms with Crippen molar-refractivity contribution in [1.82, 2.24) is 0 Å². The Hall–Kier alpha value is -1.75. The van der Waals surface area contributed by atoms with Crippen molar-refractivity contribution in [3.63, 3.8) is 0 Å². The van der Waals surface area contributed by atoms with Gasteiger partial charge in [0.25, 0.3) is 0 Å². The maximum absolute atomic E-state index is 10.9. The number of aliphatic carboxylic acids is 1. The molecule has 1 aromatic rings. The number of benzene rings is 1. The first-order valence-electron chi connectivity index (χ1n) is 5.99. The first kappa shape index (κ1) is 15.3. The summed E-state index contributed by atoms with van der Waals surface area (Å²) in [6, 6.07) is 3.64. The first-order chi connectivity index (χ1) is 9.03. The molecule has 1 rings (SSSR count). The van der Waals surface area contributed by atoms with Gasteiger partial charge in [-0.1, -0.05) is 6.92 Å². The second-order valence-electron chi connectivity index (χ2n) is 4.35. The molecule has 1 atom stereocenters. The lowest BCUT2D eigenvalue weighted by molar-refractivity contribution is -0.141. The van der Waals surface area contributed by atoms with Crippen LogP contribution in [0.5, 0.6) is 11.5 Å². The van der Waals surface area contributed by atoms with Crippen molar-refractivity contribution in [3.8, 4) is 11.5 Å². The zero-order valence-electron chi connectivity index (χ0n) is 11.7. The molecule has 0 aliphatic heterocycles. The normalized spacial score (nSPS) is 12.0. The van der Waals surface area contributed by atoms with Crippen molar-refractivity contribution in [3.05, 3.63) is 23.3 Å². The number of methoxy groups -OCH3 is 3. The number of hydrogen-bond acceptors (Lipinski definition) is 4. The Bertz CT molecular complexity index is 442. The van der Waals surface area contributed by atoms with Crippen LogP contribution in [0.3, 0.4) is 0 Å². The van der Waals surface area contributed by atoms with E-state index in [0.717, 1.165) is 11.1 Å². The molecule has 1 aromatic carbocycles. The summed E-state index contributed by atoms with van der Waals surface area (Å²) in [5.74, 6) is 0.0186. The Morgan fingerprint density at radius 3 is 2.16 bits per heavy atom. The molecule has 5 nitrogen and oxygen atoms in total. The fourth-order valence-electron chi connectivity index (χ4n) is 1.87. The van der Waals surface area contributed by atoms with Gasteiger partial charge in [0.1, 0.15) is 11.5 Å². The predicted octanol–water partition coefficient (Wildman–Crippen LogP) is 2.11. The van der Waals surface area contributed by atoms with E-state index in [4.69, 9.17) is 19.3 Å². The van der Waals surface area contributed by atoms with Gasteiger partial charge in [-0.15, -0.1) is 0 Å². The summed E-state index contributed by atoms with van der Waals surface area (Å²) < 4.78 is 15.7. The van der Waals surface area contributed by atoms with Gasteiger partial charge in [0, 0.05) is 12.7 Å². The van der Waals surface area contributed by atoms with E-state index in [0.29, 0.717) is 24.5 Å². The highest BCUT2D eigenvalue weighted by atomic mass is 16.5. The minimum atomic E-state index is -0.831. The van der Waals surface area contributed by atoms with Crippen LogP contribution >= 0.6 is 0 Å². The third-order valence-electron chi connectivity index (χ3n) is 2.93. The van der Waals surface area contributed by atoms with Crippen molar-refractivity contribution < 1.29 is 24.1 Å². The molecule has 1 N–H and O–H groups in total. The average molecular weight is 268 g/mol. The molecule has 0 aromatic heterocycles. The Balaban J connectivity index is 3.12. The van der Waals surface area contributed by atoms with Crippen LogP contribution in [0.4, 0.5) is 0 Å². The first-order valence-corrected chi connectivity index (χ1v) is 5.99. The van der Waals surface area contributed by atoms with Gasteiger partial charge in [0.15, 0.2) is 0 Å². The van der Waals surface area contributed by atoms with Gasteiger partial charge in [-0.25, -0.2) is 0 Å². The van der Waals surface area contributed by atoms with Crippen LogP contribution < -0.4 is 9.47 Å². The lowest BCUT2D eigenvalue weighted by Gasteiger charge is -2.16. The molecule has 0 saturated heterocycles. The van der Waals surface area contributed by atoms with Crippen LogP contribution in [0.1, 0.15) is 18.1 Å². The van der Waals surface area contributed by atoms with E-state index in [1.807, 2.05) is 12.1 Å². The van der Waals surface area contributed by atoms with Gasteiger partial charge >= 0.3 is 5.97 Å². The van der Waals surface area contributed by atoms with E-state index in [1.54, 1.807) is 28.3 Å². The quantitative estimate of drug-likeness (QED) is 0.820. The van der Waals surface area contributed by atoms with Crippen LogP contribution in [-0.2, 0) is 22.6 Å². The van der Waals surface area contributed by atoms with Crippen molar-refractivity contribution in [1.29, 1.82) is 0 Å². The molecule has 1 unspecified atom stereocenters. The Morgan fingerprint density at radius 1 is 1.16 bits per heavy atom. The summed E-state index contributed by atoms with van der Waals surface area (Å²) >= 11 is 0. The van der Waals surface area contributed by atoms with Crippen LogP contribution in [-0.4, -0.2) is 32.4 Å². The number of ether oxygens (including phenoxy) is 3. The summed E-state index contributed by atoms with van der Waals surface area (Å²) in [5.41, 5.74) is 1.68. The monoisotopic (exact) mass is 268 g/mol. The fraction of sp³-hybridized carbons (Fsp3) is 0.500. The van der Waals surface area contributed by atoms with E-state index in [2.05, 4.69) is 0 Å². The SMILES string of the molecule is COCc1cc(OC)c(CC(C)C(=O)O)cc1OC. The molecule has 19 heavy (non-hydrogen) atoms.